The molecule has 0 spiro atoms. The molecule has 3 heterocycles. The molecule has 1 N–H and O–H groups in total. The number of carbonyl (C=O) groups excluding carboxylic acids is 1. The van der Waals surface area contributed by atoms with Crippen LogP contribution in [0.1, 0.15) is 30.4 Å². The van der Waals surface area contributed by atoms with Gasteiger partial charge in [0.05, 0.1) is 24.4 Å². The largest absolute Gasteiger partial charge is 0.465 e. The standard InChI is InChI=1S/C22H21FN4O2S/c1-2-29-19(28)14-27-21(20(25-22(27)30)17-9-3-4-11-24-17)18-10-6-12-26(18)16-8-5-7-15(23)13-16/h3-13,20-21H,2,14H2,1H3,(H,25,30)/t20-,21+/m1/s1. The van der Waals surface area contributed by atoms with Gasteiger partial charge in [-0.15, -0.1) is 0 Å². The molecule has 0 saturated carbocycles. The molecule has 0 unspecified atom stereocenters. The number of thiocarbonyl (C=S) groups is 1. The van der Waals surface area contributed by atoms with Crippen LogP contribution >= 0.6 is 12.2 Å². The number of hydrogen-bond acceptors (Lipinski definition) is 4. The third-order valence-corrected chi connectivity index (χ3v) is 5.32. The van der Waals surface area contributed by atoms with Crippen molar-refractivity contribution in [2.24, 2.45) is 0 Å². The van der Waals surface area contributed by atoms with Gasteiger partial charge < -0.3 is 19.5 Å². The maximum Gasteiger partial charge on any atom is 0.325 e. The van der Waals surface area contributed by atoms with Crippen LogP contribution in [0.4, 0.5) is 4.39 Å². The van der Waals surface area contributed by atoms with E-state index in [4.69, 9.17) is 17.0 Å². The lowest BCUT2D eigenvalue weighted by Gasteiger charge is -2.28. The Morgan fingerprint density at radius 2 is 2.10 bits per heavy atom. The molecule has 154 valence electrons. The summed E-state index contributed by atoms with van der Waals surface area (Å²) in [7, 11) is 0. The van der Waals surface area contributed by atoms with Crippen molar-refractivity contribution in [3.8, 4) is 5.69 Å². The number of nitrogens with zero attached hydrogens (tertiary/aromatic N) is 3. The Balaban J connectivity index is 1.79. The quantitative estimate of drug-likeness (QED) is 0.483. The number of pyridine rings is 1. The third-order valence-electron chi connectivity index (χ3n) is 4.97. The van der Waals surface area contributed by atoms with E-state index in [9.17, 15) is 9.18 Å². The van der Waals surface area contributed by atoms with Crippen molar-refractivity contribution in [3.63, 3.8) is 0 Å². The van der Waals surface area contributed by atoms with Gasteiger partial charge in [0, 0.05) is 23.8 Å². The highest BCUT2D eigenvalue weighted by Gasteiger charge is 2.42. The molecule has 4 rings (SSSR count). The number of hydrogen-bond donors (Lipinski definition) is 1. The van der Waals surface area contributed by atoms with E-state index >= 15 is 0 Å². The summed E-state index contributed by atoms with van der Waals surface area (Å²) in [5.41, 5.74) is 2.33. The Hall–Kier alpha value is -3.26. The molecular formula is C22H21FN4O2S. The zero-order valence-corrected chi connectivity index (χ0v) is 17.2. The fourth-order valence-corrected chi connectivity index (χ4v) is 4.04. The molecule has 0 radical (unpaired) electrons. The van der Waals surface area contributed by atoms with Crippen molar-refractivity contribution in [2.45, 2.75) is 19.0 Å². The van der Waals surface area contributed by atoms with E-state index in [-0.39, 0.29) is 30.4 Å². The van der Waals surface area contributed by atoms with Crippen LogP contribution in [0.5, 0.6) is 0 Å². The fraction of sp³-hybridized carbons (Fsp3) is 0.227. The Morgan fingerprint density at radius 3 is 2.83 bits per heavy atom. The fourth-order valence-electron chi connectivity index (χ4n) is 3.74. The summed E-state index contributed by atoms with van der Waals surface area (Å²) in [6.07, 6.45) is 3.58. The number of carbonyl (C=O) groups is 1. The molecule has 3 aromatic rings. The minimum atomic E-state index is -0.364. The van der Waals surface area contributed by atoms with E-state index in [1.54, 1.807) is 24.1 Å². The number of halogens is 1. The van der Waals surface area contributed by atoms with Gasteiger partial charge in [0.2, 0.25) is 0 Å². The first-order valence-electron chi connectivity index (χ1n) is 9.65. The average molecular weight is 425 g/mol. The van der Waals surface area contributed by atoms with E-state index in [0.29, 0.717) is 17.4 Å². The molecule has 1 aromatic carbocycles. The van der Waals surface area contributed by atoms with Crippen LogP contribution < -0.4 is 5.32 Å². The molecule has 2 aromatic heterocycles. The van der Waals surface area contributed by atoms with Crippen molar-refractivity contribution in [3.05, 3.63) is 84.2 Å². The zero-order valence-electron chi connectivity index (χ0n) is 16.4. The first kappa shape index (κ1) is 20.0. The molecule has 1 aliphatic rings. The summed E-state index contributed by atoms with van der Waals surface area (Å²) >= 11 is 5.56. The number of benzene rings is 1. The second-order valence-electron chi connectivity index (χ2n) is 6.84. The van der Waals surface area contributed by atoms with Crippen LogP contribution in [0.3, 0.4) is 0 Å². The normalized spacial score (nSPS) is 18.3. The minimum Gasteiger partial charge on any atom is -0.465 e. The van der Waals surface area contributed by atoms with Gasteiger partial charge in [-0.05, 0) is 61.6 Å². The highest BCUT2D eigenvalue weighted by molar-refractivity contribution is 7.80. The van der Waals surface area contributed by atoms with Gasteiger partial charge in [0.15, 0.2) is 5.11 Å². The first-order valence-corrected chi connectivity index (χ1v) is 10.1. The molecule has 0 aliphatic carbocycles. The number of esters is 1. The molecule has 8 heteroatoms. The smallest absolute Gasteiger partial charge is 0.325 e. The summed E-state index contributed by atoms with van der Waals surface area (Å²) in [6, 6.07) is 15.2. The van der Waals surface area contributed by atoms with Crippen LogP contribution in [0, 0.1) is 5.82 Å². The minimum absolute atomic E-state index is 0.00199. The summed E-state index contributed by atoms with van der Waals surface area (Å²) < 4.78 is 20.9. The Bertz CT molecular complexity index is 1060. The van der Waals surface area contributed by atoms with Gasteiger partial charge >= 0.3 is 5.97 Å². The lowest BCUT2D eigenvalue weighted by molar-refractivity contribution is -0.143. The molecule has 1 saturated heterocycles. The monoisotopic (exact) mass is 424 g/mol. The Labute approximate surface area is 179 Å². The van der Waals surface area contributed by atoms with Gasteiger partial charge in [-0.3, -0.25) is 9.78 Å². The van der Waals surface area contributed by atoms with Gasteiger partial charge in [-0.25, -0.2) is 4.39 Å². The molecular weight excluding hydrogens is 403 g/mol. The molecule has 1 aliphatic heterocycles. The average Bonchev–Trinajstić information content (AvgIpc) is 3.34. The number of nitrogens with one attached hydrogen (secondary N) is 1. The Kier molecular flexibility index (Phi) is 5.76. The molecule has 2 atom stereocenters. The molecule has 0 amide bonds. The lowest BCUT2D eigenvalue weighted by atomic mass is 10.0. The van der Waals surface area contributed by atoms with Crippen molar-refractivity contribution >= 4 is 23.3 Å². The number of aromatic nitrogens is 2. The zero-order chi connectivity index (χ0) is 21.1. The summed E-state index contributed by atoms with van der Waals surface area (Å²) in [4.78, 5) is 18.6. The van der Waals surface area contributed by atoms with Crippen LogP contribution in [0.25, 0.3) is 5.69 Å². The topological polar surface area (TPSA) is 59.4 Å². The van der Waals surface area contributed by atoms with Crippen molar-refractivity contribution in [2.75, 3.05) is 13.2 Å². The van der Waals surface area contributed by atoms with E-state index in [2.05, 4.69) is 10.3 Å². The van der Waals surface area contributed by atoms with Gasteiger partial charge in [-0.2, -0.15) is 0 Å². The predicted molar refractivity (Wildman–Crippen MR) is 115 cm³/mol. The highest BCUT2D eigenvalue weighted by atomic mass is 32.1. The van der Waals surface area contributed by atoms with Crippen molar-refractivity contribution in [1.29, 1.82) is 0 Å². The number of ether oxygens (including phenoxy) is 1. The molecule has 30 heavy (non-hydrogen) atoms. The second kappa shape index (κ2) is 8.62. The van der Waals surface area contributed by atoms with Crippen molar-refractivity contribution < 1.29 is 13.9 Å². The second-order valence-corrected chi connectivity index (χ2v) is 7.23. The van der Waals surface area contributed by atoms with Crippen LogP contribution in [0.15, 0.2) is 67.0 Å². The van der Waals surface area contributed by atoms with E-state index in [1.165, 1.54) is 12.1 Å². The maximum atomic E-state index is 13.9. The summed E-state index contributed by atoms with van der Waals surface area (Å²) in [5.74, 6) is -0.686. The molecule has 0 bridgehead atoms. The summed E-state index contributed by atoms with van der Waals surface area (Å²) in [6.45, 7) is 2.06. The van der Waals surface area contributed by atoms with Gasteiger partial charge in [0.1, 0.15) is 12.4 Å². The van der Waals surface area contributed by atoms with Crippen LogP contribution in [-0.4, -0.2) is 38.7 Å². The van der Waals surface area contributed by atoms with Crippen LogP contribution in [0.2, 0.25) is 0 Å². The first-order chi connectivity index (χ1) is 14.6. The third kappa shape index (κ3) is 3.91. The van der Waals surface area contributed by atoms with Gasteiger partial charge in [0.25, 0.3) is 0 Å². The Morgan fingerprint density at radius 1 is 1.23 bits per heavy atom. The lowest BCUT2D eigenvalue weighted by Crippen LogP contribution is -2.36. The van der Waals surface area contributed by atoms with E-state index in [0.717, 1.165) is 11.4 Å². The summed E-state index contributed by atoms with van der Waals surface area (Å²) in [5, 5.41) is 3.74. The van der Waals surface area contributed by atoms with E-state index < -0.39 is 0 Å². The highest BCUT2D eigenvalue weighted by Crippen LogP contribution is 2.39. The van der Waals surface area contributed by atoms with Gasteiger partial charge in [-0.1, -0.05) is 12.1 Å². The maximum absolute atomic E-state index is 13.9. The molecule has 6 nitrogen and oxygen atoms in total. The van der Waals surface area contributed by atoms with Crippen molar-refractivity contribution in [1.82, 2.24) is 19.8 Å². The SMILES string of the molecule is CCOC(=O)CN1C(=S)N[C@H](c2ccccn2)[C@@H]1c1cccn1-c1cccc(F)c1. The van der Waals surface area contributed by atoms with Crippen LogP contribution in [-0.2, 0) is 9.53 Å². The predicted octanol–water partition coefficient (Wildman–Crippen LogP) is 3.55. The van der Waals surface area contributed by atoms with E-state index in [1.807, 2.05) is 47.2 Å². The number of rotatable bonds is 6. The molecule has 1 fully saturated rings.